The highest BCUT2D eigenvalue weighted by Crippen LogP contribution is 2.43. The molecule has 1 fully saturated rings. The van der Waals surface area contributed by atoms with Crippen LogP contribution in [0.5, 0.6) is 0 Å². The van der Waals surface area contributed by atoms with Gasteiger partial charge in [-0.1, -0.05) is 91.0 Å². The first-order valence-electron chi connectivity index (χ1n) is 13.8. The predicted octanol–water partition coefficient (Wildman–Crippen LogP) is 6.26. The molecule has 2 heterocycles. The molecule has 0 N–H and O–H groups in total. The maximum Gasteiger partial charge on any atom is 0.435 e. The lowest BCUT2D eigenvalue weighted by Gasteiger charge is -2.44. The molecule has 0 bridgehead atoms. The highest BCUT2D eigenvalue weighted by molar-refractivity contribution is 5.84. The van der Waals surface area contributed by atoms with Crippen molar-refractivity contribution in [2.45, 2.75) is 57.6 Å². The summed E-state index contributed by atoms with van der Waals surface area (Å²) in [5.41, 5.74) is 2.04. The minimum absolute atomic E-state index is 0.0000879. The van der Waals surface area contributed by atoms with E-state index in [1.807, 2.05) is 91.0 Å². The molecule has 9 nitrogen and oxygen atoms in total. The van der Waals surface area contributed by atoms with Gasteiger partial charge in [-0.05, 0) is 43.5 Å². The molecule has 4 aromatic rings. The third-order valence-electron chi connectivity index (χ3n) is 6.75. The molecular formula is C33H33N3O6. The maximum atomic E-state index is 13.9. The van der Waals surface area contributed by atoms with Gasteiger partial charge in [0, 0.05) is 12.6 Å². The van der Waals surface area contributed by atoms with Crippen molar-refractivity contribution in [1.82, 2.24) is 14.7 Å². The van der Waals surface area contributed by atoms with Gasteiger partial charge in [-0.25, -0.2) is 14.4 Å². The zero-order valence-corrected chi connectivity index (χ0v) is 23.8. The molecule has 5 rings (SSSR count). The zero-order chi connectivity index (χ0) is 29.7. The number of ether oxygens (including phenoxy) is 3. The summed E-state index contributed by atoms with van der Waals surface area (Å²) in [6.07, 6.45) is -0.620. The lowest BCUT2D eigenvalue weighted by molar-refractivity contribution is -0.173. The van der Waals surface area contributed by atoms with Crippen molar-refractivity contribution in [3.63, 3.8) is 0 Å². The molecule has 3 atom stereocenters. The van der Waals surface area contributed by atoms with Crippen LogP contribution in [0.25, 0.3) is 0 Å². The molecule has 0 radical (unpaired) electrons. The Morgan fingerprint density at radius 3 is 2.05 bits per heavy atom. The Bertz CT molecular complexity index is 1520. The van der Waals surface area contributed by atoms with Gasteiger partial charge in [0.15, 0.2) is 6.10 Å². The summed E-state index contributed by atoms with van der Waals surface area (Å²) < 4.78 is 18.4. The molecule has 42 heavy (non-hydrogen) atoms. The first-order chi connectivity index (χ1) is 20.2. The zero-order valence-electron chi connectivity index (χ0n) is 23.8. The monoisotopic (exact) mass is 567 g/mol. The first-order valence-corrected chi connectivity index (χ1v) is 13.8. The van der Waals surface area contributed by atoms with Gasteiger partial charge in [0.1, 0.15) is 24.3 Å². The number of cyclic esters (lactones) is 1. The average molecular weight is 568 g/mol. The van der Waals surface area contributed by atoms with E-state index in [0.717, 1.165) is 21.4 Å². The minimum atomic E-state index is -1.07. The SMILES string of the molecule is CC(C)(C)OC(=O)n1ccc(CC2C(=O)OC(c3ccccc3)C(c3ccccc3)N2C(=O)OCc2ccccc2)n1. The molecule has 1 aromatic heterocycles. The second-order valence-electron chi connectivity index (χ2n) is 11.0. The van der Waals surface area contributed by atoms with Crippen molar-refractivity contribution in [3.8, 4) is 0 Å². The topological polar surface area (TPSA) is 100.0 Å². The van der Waals surface area contributed by atoms with Crippen LogP contribution in [0, 0.1) is 0 Å². The van der Waals surface area contributed by atoms with Crippen molar-refractivity contribution >= 4 is 18.2 Å². The van der Waals surface area contributed by atoms with Crippen LogP contribution in [0.15, 0.2) is 103 Å². The van der Waals surface area contributed by atoms with Crippen molar-refractivity contribution in [3.05, 3.63) is 126 Å². The average Bonchev–Trinajstić information content (AvgIpc) is 3.46. The largest absolute Gasteiger partial charge is 0.453 e. The van der Waals surface area contributed by atoms with Gasteiger partial charge in [0.05, 0.1) is 5.69 Å². The van der Waals surface area contributed by atoms with Crippen LogP contribution in [0.3, 0.4) is 0 Å². The van der Waals surface area contributed by atoms with Crippen LogP contribution in [-0.4, -0.2) is 44.5 Å². The summed E-state index contributed by atoms with van der Waals surface area (Å²) in [5.74, 6) is -0.598. The van der Waals surface area contributed by atoms with Gasteiger partial charge in [-0.3, -0.25) is 4.90 Å². The summed E-state index contributed by atoms with van der Waals surface area (Å²) in [6.45, 7) is 5.32. The van der Waals surface area contributed by atoms with E-state index in [4.69, 9.17) is 14.2 Å². The van der Waals surface area contributed by atoms with Gasteiger partial charge in [-0.15, -0.1) is 0 Å². The molecule has 1 amide bonds. The summed E-state index contributed by atoms with van der Waals surface area (Å²) >= 11 is 0. The Kier molecular flexibility index (Phi) is 8.38. The number of aromatic nitrogens is 2. The third kappa shape index (κ3) is 6.68. The quantitative estimate of drug-likeness (QED) is 0.200. The summed E-state index contributed by atoms with van der Waals surface area (Å²) in [6, 6.07) is 27.9. The van der Waals surface area contributed by atoms with Crippen LogP contribution in [0.2, 0.25) is 0 Å². The second-order valence-corrected chi connectivity index (χ2v) is 11.0. The molecule has 1 aliphatic heterocycles. The van der Waals surface area contributed by atoms with Gasteiger partial charge in [-0.2, -0.15) is 9.78 Å². The number of hydrogen-bond acceptors (Lipinski definition) is 7. The fourth-order valence-electron chi connectivity index (χ4n) is 4.90. The van der Waals surface area contributed by atoms with Crippen molar-refractivity contribution in [1.29, 1.82) is 0 Å². The number of morpholine rings is 1. The van der Waals surface area contributed by atoms with Crippen molar-refractivity contribution in [2.75, 3.05) is 0 Å². The van der Waals surface area contributed by atoms with E-state index >= 15 is 0 Å². The van der Waals surface area contributed by atoms with Crippen LogP contribution in [0.4, 0.5) is 9.59 Å². The summed E-state index contributed by atoms with van der Waals surface area (Å²) in [5, 5.41) is 4.34. The number of esters is 1. The van der Waals surface area contributed by atoms with Crippen LogP contribution < -0.4 is 0 Å². The fourth-order valence-corrected chi connectivity index (χ4v) is 4.90. The number of amides is 1. The number of benzene rings is 3. The third-order valence-corrected chi connectivity index (χ3v) is 6.75. The summed E-state index contributed by atoms with van der Waals surface area (Å²) in [4.78, 5) is 41.6. The predicted molar refractivity (Wildman–Crippen MR) is 154 cm³/mol. The molecule has 0 saturated carbocycles. The van der Waals surface area contributed by atoms with Crippen LogP contribution >= 0.6 is 0 Å². The van der Waals surface area contributed by atoms with E-state index in [2.05, 4.69) is 5.10 Å². The van der Waals surface area contributed by atoms with Crippen molar-refractivity contribution in [2.24, 2.45) is 0 Å². The summed E-state index contributed by atoms with van der Waals surface area (Å²) in [7, 11) is 0. The highest BCUT2D eigenvalue weighted by Gasteiger charge is 2.48. The first kappa shape index (κ1) is 28.6. The van der Waals surface area contributed by atoms with Gasteiger partial charge >= 0.3 is 18.2 Å². The molecular weight excluding hydrogens is 534 g/mol. The van der Waals surface area contributed by atoms with E-state index in [-0.39, 0.29) is 13.0 Å². The Morgan fingerprint density at radius 1 is 0.833 bits per heavy atom. The molecule has 1 aliphatic rings. The number of carbonyl (C=O) groups excluding carboxylic acids is 3. The van der Waals surface area contributed by atoms with Crippen LogP contribution in [0.1, 0.15) is 55.3 Å². The Morgan fingerprint density at radius 2 is 1.43 bits per heavy atom. The minimum Gasteiger partial charge on any atom is -0.453 e. The van der Waals surface area contributed by atoms with E-state index in [1.165, 1.54) is 11.1 Å². The standard InChI is InChI=1S/C33H33N3O6/c1-33(2,3)42-31(38)35-20-19-26(34-35)21-27-30(37)41-29(25-17-11-6-12-18-25)28(24-15-9-5-10-16-24)36(27)32(39)40-22-23-13-7-4-8-14-23/h4-20,27-29H,21-22H2,1-3H3. The van der Waals surface area contributed by atoms with E-state index in [9.17, 15) is 14.4 Å². The molecule has 3 unspecified atom stereocenters. The smallest absolute Gasteiger partial charge is 0.435 e. The molecule has 216 valence electrons. The molecule has 3 aromatic carbocycles. The normalized spacial score (nSPS) is 18.7. The molecule has 0 aliphatic carbocycles. The molecule has 1 saturated heterocycles. The van der Waals surface area contributed by atoms with Gasteiger partial charge in [0.2, 0.25) is 0 Å². The van der Waals surface area contributed by atoms with Gasteiger partial charge in [0.25, 0.3) is 0 Å². The molecule has 0 spiro atoms. The highest BCUT2D eigenvalue weighted by atomic mass is 16.6. The van der Waals surface area contributed by atoms with Gasteiger partial charge < -0.3 is 14.2 Å². The Balaban J connectivity index is 1.51. The molecule has 9 heteroatoms. The number of hydrogen-bond donors (Lipinski definition) is 0. The Hall–Kier alpha value is -4.92. The number of carbonyl (C=O) groups is 3. The fraction of sp³-hybridized carbons (Fsp3) is 0.273. The second kappa shape index (κ2) is 12.3. The van der Waals surface area contributed by atoms with E-state index in [1.54, 1.807) is 26.8 Å². The van der Waals surface area contributed by atoms with E-state index < -0.39 is 41.9 Å². The number of rotatable bonds is 6. The maximum absolute atomic E-state index is 13.9. The Labute approximate surface area is 244 Å². The van der Waals surface area contributed by atoms with Crippen molar-refractivity contribution < 1.29 is 28.6 Å². The van der Waals surface area contributed by atoms with Crippen LogP contribution in [-0.2, 0) is 32.0 Å². The number of nitrogens with zero attached hydrogens (tertiary/aromatic N) is 3. The lowest BCUT2D eigenvalue weighted by Crippen LogP contribution is -2.55. The van der Waals surface area contributed by atoms with E-state index in [0.29, 0.717) is 5.69 Å². The lowest BCUT2D eigenvalue weighted by atomic mass is 9.90.